The molecule has 2 aliphatic rings. The molecule has 0 saturated heterocycles. The van der Waals surface area contributed by atoms with Gasteiger partial charge in [0.15, 0.2) is 0 Å². The molecule has 0 saturated carbocycles. The van der Waals surface area contributed by atoms with Crippen LogP contribution >= 0.6 is 0 Å². The fourth-order valence-electron chi connectivity index (χ4n) is 3.04. The zero-order chi connectivity index (χ0) is 17.9. The normalized spacial score (nSPS) is 11.6. The van der Waals surface area contributed by atoms with Gasteiger partial charge in [-0.15, -0.1) is 22.9 Å². The first kappa shape index (κ1) is 24.9. The molecule has 2 heteroatoms. The van der Waals surface area contributed by atoms with E-state index in [0.29, 0.717) is 0 Å². The molecule has 0 bridgehead atoms. The molecular weight excluding hydrogens is 408 g/mol. The van der Waals surface area contributed by atoms with Crippen LogP contribution < -0.4 is 10.4 Å². The van der Waals surface area contributed by atoms with Gasteiger partial charge in [0.1, 0.15) is 0 Å². The second-order valence-electron chi connectivity index (χ2n) is 6.31. The topological polar surface area (TPSA) is 0 Å². The van der Waals surface area contributed by atoms with E-state index in [1.165, 1.54) is 72.7 Å². The molecule has 2 aromatic rings. The molecule has 0 atom stereocenters. The summed E-state index contributed by atoms with van der Waals surface area (Å²) in [6.45, 7) is 13.8. The molecule has 0 N–H and O–H groups in total. The van der Waals surface area contributed by atoms with Gasteiger partial charge < -0.3 is 14.9 Å². The quantitative estimate of drug-likeness (QED) is 0.421. The average Bonchev–Trinajstić information content (AvgIpc) is 3.22. The van der Waals surface area contributed by atoms with Crippen LogP contribution in [0.3, 0.4) is 0 Å². The summed E-state index contributed by atoms with van der Waals surface area (Å²) in [5, 5.41) is 2.62. The molecule has 2 aromatic carbocycles. The summed E-state index contributed by atoms with van der Waals surface area (Å²) in [6, 6.07) is 6.68. The third kappa shape index (κ3) is 5.44. The van der Waals surface area contributed by atoms with Crippen molar-refractivity contribution in [3.8, 4) is 0 Å². The molecule has 0 nitrogen and oxygen atoms in total. The number of fused-ring (bicyclic) bond motifs is 2. The van der Waals surface area contributed by atoms with E-state index in [9.17, 15) is 0 Å². The second-order valence-corrected chi connectivity index (χ2v) is 6.31. The summed E-state index contributed by atoms with van der Waals surface area (Å²) < 4.78 is 0. The van der Waals surface area contributed by atoms with E-state index >= 15 is 0 Å². The van der Waals surface area contributed by atoms with Crippen LogP contribution in [0.15, 0.2) is 29.8 Å². The Morgan fingerprint density at radius 3 is 2.15 bits per heavy atom. The van der Waals surface area contributed by atoms with Crippen molar-refractivity contribution < 1.29 is 23.3 Å². The van der Waals surface area contributed by atoms with Crippen molar-refractivity contribution in [2.24, 2.45) is 0 Å². The molecule has 26 heavy (non-hydrogen) atoms. The average molecular weight is 436 g/mol. The van der Waals surface area contributed by atoms with Gasteiger partial charge in [0.05, 0.1) is 0 Å². The second kappa shape index (κ2) is 10.9. The van der Waals surface area contributed by atoms with Crippen LogP contribution in [0.1, 0.15) is 40.3 Å². The summed E-state index contributed by atoms with van der Waals surface area (Å²) in [5.74, 6) is 0. The number of hydrogen-bond donors (Lipinski definition) is 0. The Bertz CT molecular complexity index is 917. The van der Waals surface area contributed by atoms with Crippen molar-refractivity contribution in [2.75, 3.05) is 0 Å². The Balaban J connectivity index is 0.000000431. The van der Waals surface area contributed by atoms with Crippen LogP contribution in [0, 0.1) is 48.6 Å². The Morgan fingerprint density at radius 2 is 1.65 bits per heavy atom. The molecular formula is C24H28SiZr-4. The summed E-state index contributed by atoms with van der Waals surface area (Å²) >= 11 is 1.36. The predicted molar refractivity (Wildman–Crippen MR) is 115 cm³/mol. The first-order valence-corrected chi connectivity index (χ1v) is 12.2. The third-order valence-corrected chi connectivity index (χ3v) is 4.69. The third-order valence-electron chi connectivity index (χ3n) is 4.69. The van der Waals surface area contributed by atoms with E-state index in [0.717, 1.165) is 0 Å². The summed E-state index contributed by atoms with van der Waals surface area (Å²) in [4.78, 5) is 0. The van der Waals surface area contributed by atoms with Crippen molar-refractivity contribution in [3.63, 3.8) is 0 Å². The molecule has 4 rings (SSSR count). The Kier molecular flexibility index (Phi) is 10.4. The number of hydrogen-bond acceptors (Lipinski definition) is 0. The number of allylic oxidation sites excluding steroid dienone is 2. The molecule has 2 aliphatic carbocycles. The fourth-order valence-corrected chi connectivity index (χ4v) is 3.04. The monoisotopic (exact) mass is 434 g/mol. The Hall–Kier alpha value is -1.11. The molecule has 0 amide bonds. The minimum absolute atomic E-state index is 0. The van der Waals surface area contributed by atoms with Crippen LogP contribution in [0.4, 0.5) is 0 Å². The molecule has 0 unspecified atom stereocenters. The molecule has 0 spiro atoms. The summed E-state index contributed by atoms with van der Waals surface area (Å²) in [5.41, 5.74) is 9.53. The van der Waals surface area contributed by atoms with Crippen molar-refractivity contribution in [1.82, 2.24) is 0 Å². The maximum atomic E-state index is 3.34. The SMILES string of the molecule is CC1=[C-]c2cc3c(cc2=C1)C=CC=3.Cc1c[c-](C)c(C)c1C.[CH3-].[CH3-].[Si]=[Zr]. The van der Waals surface area contributed by atoms with Crippen LogP contribution in [-0.4, -0.2) is 6.88 Å². The minimum atomic E-state index is 0. The first-order chi connectivity index (χ1) is 11.5. The predicted octanol–water partition coefficient (Wildman–Crippen LogP) is 4.54. The van der Waals surface area contributed by atoms with Gasteiger partial charge in [0.25, 0.3) is 0 Å². The summed E-state index contributed by atoms with van der Waals surface area (Å²) in [7, 11) is 0. The van der Waals surface area contributed by atoms with E-state index in [1.54, 1.807) is 0 Å². The zero-order valence-electron chi connectivity index (χ0n) is 17.0. The van der Waals surface area contributed by atoms with E-state index < -0.39 is 0 Å². The van der Waals surface area contributed by atoms with Gasteiger partial charge in [0, 0.05) is 0 Å². The number of aryl methyl sites for hydroxylation is 2. The van der Waals surface area contributed by atoms with E-state index in [4.69, 9.17) is 0 Å². The maximum absolute atomic E-state index is 3.34. The van der Waals surface area contributed by atoms with Crippen molar-refractivity contribution in [3.05, 3.63) is 94.6 Å². The Morgan fingerprint density at radius 1 is 1.00 bits per heavy atom. The molecule has 0 heterocycles. The van der Waals surface area contributed by atoms with Crippen molar-refractivity contribution in [1.29, 1.82) is 0 Å². The van der Waals surface area contributed by atoms with Crippen LogP contribution in [0.25, 0.3) is 18.2 Å². The molecule has 2 radical (unpaired) electrons. The van der Waals surface area contributed by atoms with Crippen LogP contribution in [0.2, 0.25) is 0 Å². The van der Waals surface area contributed by atoms with E-state index in [2.05, 4.69) is 90.1 Å². The van der Waals surface area contributed by atoms with Gasteiger partial charge in [-0.05, 0) is 5.56 Å². The molecule has 0 aromatic heterocycles. The fraction of sp³-hybridized carbons (Fsp3) is 0.208. The Labute approximate surface area is 177 Å². The van der Waals surface area contributed by atoms with Crippen LogP contribution in [-0.2, 0) is 23.3 Å². The molecule has 0 aliphatic heterocycles. The van der Waals surface area contributed by atoms with E-state index in [1.807, 2.05) is 0 Å². The number of rotatable bonds is 0. The molecule has 136 valence electrons. The standard InChI is InChI=1S/C13H9.C9H13.2CH3.Si.Zr/c1-9-5-12-7-10-3-2-4-11(10)8-13(12)6-9;1-6-5-7(2)9(4)8(6)3;;;;/h2-5,7-8H,1H3;5H,1-4H3;2*1H3;;/q4*-1;;. The van der Waals surface area contributed by atoms with Gasteiger partial charge in [-0.2, -0.15) is 40.0 Å². The first-order valence-electron chi connectivity index (χ1n) is 8.05. The summed E-state index contributed by atoms with van der Waals surface area (Å²) in [6.07, 6.45) is 11.9. The van der Waals surface area contributed by atoms with Gasteiger partial charge in [-0.25, -0.2) is 0 Å². The van der Waals surface area contributed by atoms with Gasteiger partial charge >= 0.3 is 30.2 Å². The molecule has 0 fully saturated rings. The van der Waals surface area contributed by atoms with Crippen LogP contribution in [0.5, 0.6) is 0 Å². The zero-order valence-corrected chi connectivity index (χ0v) is 20.5. The van der Waals surface area contributed by atoms with Gasteiger partial charge in [-0.1, -0.05) is 64.1 Å². The van der Waals surface area contributed by atoms with Crippen molar-refractivity contribution in [2.45, 2.75) is 34.6 Å². The van der Waals surface area contributed by atoms with E-state index in [-0.39, 0.29) is 14.9 Å². The van der Waals surface area contributed by atoms with Crippen molar-refractivity contribution >= 4 is 25.1 Å². The number of benzene rings is 1. The van der Waals surface area contributed by atoms with Gasteiger partial charge in [0.2, 0.25) is 0 Å². The van der Waals surface area contributed by atoms with Gasteiger partial charge in [-0.3, -0.25) is 0 Å².